The molecule has 3 rings (SSSR count). The second-order valence-electron chi connectivity index (χ2n) is 6.57. The summed E-state index contributed by atoms with van der Waals surface area (Å²) in [5, 5.41) is 2.85. The van der Waals surface area contributed by atoms with E-state index in [1.807, 2.05) is 61.5 Å². The van der Waals surface area contributed by atoms with Crippen molar-refractivity contribution < 1.29 is 13.2 Å². The molecular formula is C22H22N2O3S. The van der Waals surface area contributed by atoms with Gasteiger partial charge in [0.1, 0.15) is 6.54 Å². The first-order valence-corrected chi connectivity index (χ1v) is 10.7. The number of nitrogens with one attached hydrogen (secondary N) is 1. The molecule has 28 heavy (non-hydrogen) atoms. The average molecular weight is 394 g/mol. The van der Waals surface area contributed by atoms with Crippen molar-refractivity contribution in [3.63, 3.8) is 0 Å². The van der Waals surface area contributed by atoms with Crippen molar-refractivity contribution in [2.75, 3.05) is 22.4 Å². The molecular weight excluding hydrogens is 372 g/mol. The molecule has 5 nitrogen and oxygen atoms in total. The Morgan fingerprint density at radius 3 is 2.29 bits per heavy atom. The maximum Gasteiger partial charge on any atom is 0.245 e. The van der Waals surface area contributed by atoms with E-state index in [2.05, 4.69) is 5.32 Å². The van der Waals surface area contributed by atoms with Gasteiger partial charge in [-0.1, -0.05) is 60.7 Å². The molecule has 0 aliphatic rings. The molecule has 0 spiro atoms. The van der Waals surface area contributed by atoms with E-state index >= 15 is 0 Å². The number of carbonyl (C=O) groups is 1. The Hall–Kier alpha value is -3.12. The fraction of sp³-hybridized carbons (Fsp3) is 0.136. The Morgan fingerprint density at radius 2 is 1.61 bits per heavy atom. The van der Waals surface area contributed by atoms with Crippen LogP contribution in [0.3, 0.4) is 0 Å². The first-order chi connectivity index (χ1) is 13.3. The molecule has 0 saturated heterocycles. The van der Waals surface area contributed by atoms with Crippen molar-refractivity contribution in [2.24, 2.45) is 0 Å². The normalized spacial score (nSPS) is 11.1. The molecule has 0 unspecified atom stereocenters. The van der Waals surface area contributed by atoms with Gasteiger partial charge in [-0.2, -0.15) is 0 Å². The average Bonchev–Trinajstić information content (AvgIpc) is 2.66. The number of hydrogen-bond acceptors (Lipinski definition) is 3. The first-order valence-electron chi connectivity index (χ1n) is 8.83. The lowest BCUT2D eigenvalue weighted by Gasteiger charge is -2.22. The summed E-state index contributed by atoms with van der Waals surface area (Å²) in [6.07, 6.45) is 1.10. The van der Waals surface area contributed by atoms with E-state index in [4.69, 9.17) is 0 Å². The van der Waals surface area contributed by atoms with Crippen LogP contribution in [0.1, 0.15) is 5.56 Å². The van der Waals surface area contributed by atoms with Crippen LogP contribution in [-0.2, 0) is 14.8 Å². The zero-order valence-electron chi connectivity index (χ0n) is 15.8. The lowest BCUT2D eigenvalue weighted by atomic mass is 10.0. The number of carbonyl (C=O) groups excluding carboxylic acids is 1. The predicted octanol–water partition coefficient (Wildman–Crippen LogP) is 4.07. The molecule has 0 aliphatic heterocycles. The van der Waals surface area contributed by atoms with Crippen molar-refractivity contribution in [3.05, 3.63) is 84.4 Å². The molecule has 3 aromatic carbocycles. The predicted molar refractivity (Wildman–Crippen MR) is 114 cm³/mol. The van der Waals surface area contributed by atoms with E-state index in [1.54, 1.807) is 24.3 Å². The van der Waals surface area contributed by atoms with Crippen molar-refractivity contribution in [1.29, 1.82) is 0 Å². The number of amides is 1. The van der Waals surface area contributed by atoms with Gasteiger partial charge in [-0.15, -0.1) is 0 Å². The smallest absolute Gasteiger partial charge is 0.245 e. The molecule has 3 aromatic rings. The fourth-order valence-corrected chi connectivity index (χ4v) is 3.81. The molecule has 1 amide bonds. The third-order valence-corrected chi connectivity index (χ3v) is 5.40. The van der Waals surface area contributed by atoms with Crippen LogP contribution in [0.4, 0.5) is 11.4 Å². The molecule has 0 radical (unpaired) electrons. The van der Waals surface area contributed by atoms with Crippen LogP contribution in [0.15, 0.2) is 78.9 Å². The molecule has 6 heteroatoms. The highest BCUT2D eigenvalue weighted by atomic mass is 32.2. The number of sulfonamides is 1. The highest BCUT2D eigenvalue weighted by molar-refractivity contribution is 7.92. The summed E-state index contributed by atoms with van der Waals surface area (Å²) in [5.41, 5.74) is 3.86. The minimum absolute atomic E-state index is 0.300. The monoisotopic (exact) mass is 394 g/mol. The van der Waals surface area contributed by atoms with E-state index in [1.165, 1.54) is 0 Å². The topological polar surface area (TPSA) is 66.5 Å². The Bertz CT molecular complexity index is 1080. The van der Waals surface area contributed by atoms with E-state index < -0.39 is 15.9 Å². The van der Waals surface area contributed by atoms with E-state index in [0.717, 1.165) is 27.3 Å². The fourth-order valence-electron chi connectivity index (χ4n) is 2.96. The Labute approximate surface area is 165 Å². The second-order valence-corrected chi connectivity index (χ2v) is 8.48. The van der Waals surface area contributed by atoms with Crippen LogP contribution in [-0.4, -0.2) is 27.1 Å². The zero-order chi connectivity index (χ0) is 20.1. The summed E-state index contributed by atoms with van der Waals surface area (Å²) in [4.78, 5) is 12.7. The number of aryl methyl sites for hydroxylation is 1. The highest BCUT2D eigenvalue weighted by Gasteiger charge is 2.21. The summed E-state index contributed by atoms with van der Waals surface area (Å²) in [7, 11) is -3.61. The quantitative estimate of drug-likeness (QED) is 0.685. The highest BCUT2D eigenvalue weighted by Crippen LogP contribution is 2.27. The van der Waals surface area contributed by atoms with Crippen LogP contribution >= 0.6 is 0 Å². The summed E-state index contributed by atoms with van der Waals surface area (Å²) in [5.74, 6) is -0.407. The van der Waals surface area contributed by atoms with Gasteiger partial charge in [0, 0.05) is 11.3 Å². The maximum atomic E-state index is 12.7. The molecule has 0 atom stereocenters. The molecule has 1 N–H and O–H groups in total. The summed E-state index contributed by atoms with van der Waals surface area (Å²) in [6, 6.07) is 24.2. The van der Waals surface area contributed by atoms with Crippen molar-refractivity contribution in [1.82, 2.24) is 0 Å². The standard InChI is InChI=1S/C22H22N2O3S/c1-17-9-8-12-19(15-17)24(28(2,26)27)16-22(25)23-21-14-7-6-13-20(21)18-10-4-3-5-11-18/h3-15H,16H2,1-2H3,(H,23,25). The molecule has 0 aromatic heterocycles. The minimum Gasteiger partial charge on any atom is -0.324 e. The largest absolute Gasteiger partial charge is 0.324 e. The van der Waals surface area contributed by atoms with Crippen molar-refractivity contribution >= 4 is 27.3 Å². The first kappa shape index (κ1) is 19.6. The third kappa shape index (κ3) is 4.78. The number of nitrogens with zero attached hydrogens (tertiary/aromatic N) is 1. The SMILES string of the molecule is Cc1cccc(N(CC(=O)Nc2ccccc2-c2ccccc2)S(C)(=O)=O)c1. The van der Waals surface area contributed by atoms with Crippen LogP contribution in [0, 0.1) is 6.92 Å². The van der Waals surface area contributed by atoms with Gasteiger partial charge in [0.05, 0.1) is 11.9 Å². The molecule has 0 bridgehead atoms. The molecule has 0 aliphatic carbocycles. The maximum absolute atomic E-state index is 12.7. The minimum atomic E-state index is -3.61. The number of para-hydroxylation sites is 1. The van der Waals surface area contributed by atoms with Crippen molar-refractivity contribution in [3.8, 4) is 11.1 Å². The van der Waals surface area contributed by atoms with Gasteiger partial charge >= 0.3 is 0 Å². The molecule has 144 valence electrons. The van der Waals surface area contributed by atoms with Crippen LogP contribution in [0.25, 0.3) is 11.1 Å². The number of rotatable bonds is 6. The lowest BCUT2D eigenvalue weighted by Crippen LogP contribution is -2.37. The summed E-state index contributed by atoms with van der Waals surface area (Å²) < 4.78 is 25.6. The Balaban J connectivity index is 1.85. The molecule has 0 heterocycles. The number of benzene rings is 3. The van der Waals surface area contributed by atoms with Crippen LogP contribution in [0.2, 0.25) is 0 Å². The van der Waals surface area contributed by atoms with Crippen molar-refractivity contribution in [2.45, 2.75) is 6.92 Å². The number of hydrogen-bond donors (Lipinski definition) is 1. The van der Waals surface area contributed by atoms with Crippen LogP contribution in [0.5, 0.6) is 0 Å². The van der Waals surface area contributed by atoms with Gasteiger partial charge in [-0.25, -0.2) is 8.42 Å². The Kier molecular flexibility index (Phi) is 5.80. The molecule has 0 fully saturated rings. The summed E-state index contributed by atoms with van der Waals surface area (Å²) in [6.45, 7) is 1.57. The van der Waals surface area contributed by atoms with Gasteiger partial charge in [0.2, 0.25) is 15.9 Å². The third-order valence-electron chi connectivity index (χ3n) is 4.26. The lowest BCUT2D eigenvalue weighted by molar-refractivity contribution is -0.114. The van der Waals surface area contributed by atoms with Gasteiger partial charge in [-0.05, 0) is 36.2 Å². The second kappa shape index (κ2) is 8.27. The van der Waals surface area contributed by atoms with E-state index in [-0.39, 0.29) is 6.54 Å². The van der Waals surface area contributed by atoms with Gasteiger partial charge in [-0.3, -0.25) is 9.10 Å². The van der Waals surface area contributed by atoms with E-state index in [0.29, 0.717) is 11.4 Å². The van der Waals surface area contributed by atoms with Gasteiger partial charge in [0.15, 0.2) is 0 Å². The van der Waals surface area contributed by atoms with Crippen LogP contribution < -0.4 is 9.62 Å². The van der Waals surface area contributed by atoms with Gasteiger partial charge in [0.25, 0.3) is 0 Å². The molecule has 0 saturated carbocycles. The summed E-state index contributed by atoms with van der Waals surface area (Å²) >= 11 is 0. The Morgan fingerprint density at radius 1 is 0.929 bits per heavy atom. The van der Waals surface area contributed by atoms with E-state index in [9.17, 15) is 13.2 Å². The number of anilines is 2. The van der Waals surface area contributed by atoms with Gasteiger partial charge < -0.3 is 5.32 Å². The zero-order valence-corrected chi connectivity index (χ0v) is 16.6.